The maximum absolute atomic E-state index is 12.4. The first-order valence-corrected chi connectivity index (χ1v) is 8.42. The number of amides is 4. The number of urea groups is 1. The Labute approximate surface area is 132 Å². The van der Waals surface area contributed by atoms with Crippen LogP contribution in [0.25, 0.3) is 0 Å². The molecule has 6 heteroatoms. The fraction of sp³-hybridized carbons (Fsp3) is 0.812. The zero-order valence-corrected chi connectivity index (χ0v) is 13.6. The van der Waals surface area contributed by atoms with Crippen molar-refractivity contribution in [3.63, 3.8) is 0 Å². The van der Waals surface area contributed by atoms with Crippen molar-refractivity contribution in [2.75, 3.05) is 6.54 Å². The van der Waals surface area contributed by atoms with E-state index in [9.17, 15) is 14.4 Å². The summed E-state index contributed by atoms with van der Waals surface area (Å²) in [7, 11) is 0. The Bertz CT molecular complexity index is 444. The van der Waals surface area contributed by atoms with Gasteiger partial charge in [0, 0.05) is 6.04 Å². The second-order valence-electron chi connectivity index (χ2n) is 6.58. The normalized spacial score (nSPS) is 21.3. The number of rotatable bonds is 7. The number of unbranched alkanes of at least 4 members (excludes halogenated alkanes) is 2. The molecule has 6 nitrogen and oxygen atoms in total. The van der Waals surface area contributed by atoms with Crippen LogP contribution < -0.4 is 10.6 Å². The summed E-state index contributed by atoms with van der Waals surface area (Å²) in [5, 5.41) is 5.66. The molecule has 124 valence electrons. The van der Waals surface area contributed by atoms with Gasteiger partial charge in [-0.3, -0.25) is 14.5 Å². The minimum absolute atomic E-state index is 0.0697. The van der Waals surface area contributed by atoms with Crippen molar-refractivity contribution in [2.45, 2.75) is 76.8 Å². The highest BCUT2D eigenvalue weighted by atomic mass is 16.2. The molecule has 0 aromatic heterocycles. The van der Waals surface area contributed by atoms with E-state index < -0.39 is 11.6 Å². The standard InChI is InChI=1S/C16H27N3O3/c1-3-4-5-8-12(2)17-13(20)11-19-14(21)16(18-15(19)22)9-6-7-10-16/h12H,3-11H2,1-2H3,(H,17,20)(H,18,22)/t12-/m1/s1. The van der Waals surface area contributed by atoms with Crippen LogP contribution in [0.1, 0.15) is 65.2 Å². The molecule has 1 saturated heterocycles. The number of imide groups is 1. The van der Waals surface area contributed by atoms with Gasteiger partial charge < -0.3 is 10.6 Å². The quantitative estimate of drug-likeness (QED) is 0.557. The zero-order chi connectivity index (χ0) is 16.2. The highest BCUT2D eigenvalue weighted by Gasteiger charge is 2.52. The lowest BCUT2D eigenvalue weighted by atomic mass is 9.98. The SMILES string of the molecule is CCCCC[C@@H](C)NC(=O)CN1C(=O)NC2(CCCC2)C1=O. The van der Waals surface area contributed by atoms with Gasteiger partial charge >= 0.3 is 6.03 Å². The third kappa shape index (κ3) is 3.59. The molecule has 0 radical (unpaired) electrons. The Balaban J connectivity index is 1.83. The molecule has 22 heavy (non-hydrogen) atoms. The van der Waals surface area contributed by atoms with Crippen LogP contribution >= 0.6 is 0 Å². The van der Waals surface area contributed by atoms with Crippen molar-refractivity contribution >= 4 is 17.8 Å². The molecule has 0 aromatic rings. The van der Waals surface area contributed by atoms with Crippen molar-refractivity contribution < 1.29 is 14.4 Å². The van der Waals surface area contributed by atoms with Gasteiger partial charge in [0.15, 0.2) is 0 Å². The molecule has 0 aromatic carbocycles. The summed E-state index contributed by atoms with van der Waals surface area (Å²) in [4.78, 5) is 37.5. The highest BCUT2D eigenvalue weighted by molar-refractivity contribution is 6.09. The predicted molar refractivity (Wildman–Crippen MR) is 83.2 cm³/mol. The molecule has 1 saturated carbocycles. The number of nitrogens with one attached hydrogen (secondary N) is 2. The molecule has 2 aliphatic rings. The third-order valence-corrected chi connectivity index (χ3v) is 4.65. The molecular weight excluding hydrogens is 282 g/mol. The predicted octanol–water partition coefficient (Wildman–Crippen LogP) is 1.94. The van der Waals surface area contributed by atoms with Crippen LogP contribution in [0.5, 0.6) is 0 Å². The second kappa shape index (κ2) is 7.11. The molecule has 0 unspecified atom stereocenters. The number of carbonyl (C=O) groups excluding carboxylic acids is 3. The first kappa shape index (κ1) is 16.8. The average Bonchev–Trinajstić information content (AvgIpc) is 3.01. The second-order valence-corrected chi connectivity index (χ2v) is 6.58. The van der Waals surface area contributed by atoms with Crippen molar-refractivity contribution in [1.82, 2.24) is 15.5 Å². The molecule has 2 fully saturated rings. The van der Waals surface area contributed by atoms with Crippen LogP contribution in [0.4, 0.5) is 4.79 Å². The van der Waals surface area contributed by atoms with E-state index in [1.165, 1.54) is 0 Å². The zero-order valence-electron chi connectivity index (χ0n) is 13.6. The van der Waals surface area contributed by atoms with Gasteiger partial charge in [-0.05, 0) is 26.2 Å². The van der Waals surface area contributed by atoms with E-state index in [-0.39, 0.29) is 24.4 Å². The largest absolute Gasteiger partial charge is 0.352 e. The van der Waals surface area contributed by atoms with Gasteiger partial charge in [-0.15, -0.1) is 0 Å². The van der Waals surface area contributed by atoms with E-state index in [0.717, 1.165) is 43.4 Å². The van der Waals surface area contributed by atoms with Crippen LogP contribution in [-0.4, -0.2) is 40.9 Å². The van der Waals surface area contributed by atoms with E-state index >= 15 is 0 Å². The highest BCUT2D eigenvalue weighted by Crippen LogP contribution is 2.34. The Hall–Kier alpha value is -1.59. The lowest BCUT2D eigenvalue weighted by Gasteiger charge is -2.20. The smallest absolute Gasteiger partial charge is 0.325 e. The molecule has 1 atom stereocenters. The van der Waals surface area contributed by atoms with E-state index in [2.05, 4.69) is 17.6 Å². The van der Waals surface area contributed by atoms with Crippen molar-refractivity contribution in [2.24, 2.45) is 0 Å². The van der Waals surface area contributed by atoms with Gasteiger partial charge in [0.1, 0.15) is 12.1 Å². The third-order valence-electron chi connectivity index (χ3n) is 4.65. The van der Waals surface area contributed by atoms with E-state index in [4.69, 9.17) is 0 Å². The molecule has 1 aliphatic carbocycles. The Morgan fingerprint density at radius 3 is 2.64 bits per heavy atom. The first-order chi connectivity index (χ1) is 10.5. The molecule has 1 aliphatic heterocycles. The number of nitrogens with zero attached hydrogens (tertiary/aromatic N) is 1. The summed E-state index contributed by atoms with van der Waals surface area (Å²) in [6, 6.07) is -0.360. The summed E-state index contributed by atoms with van der Waals surface area (Å²) in [5.74, 6) is -0.494. The Morgan fingerprint density at radius 1 is 1.32 bits per heavy atom. The summed E-state index contributed by atoms with van der Waals surface area (Å²) in [5.41, 5.74) is -0.732. The van der Waals surface area contributed by atoms with E-state index in [0.29, 0.717) is 12.8 Å². The van der Waals surface area contributed by atoms with Gasteiger partial charge in [0.2, 0.25) is 5.91 Å². The number of hydrogen-bond acceptors (Lipinski definition) is 3. The van der Waals surface area contributed by atoms with Gasteiger partial charge in [0.05, 0.1) is 0 Å². The number of hydrogen-bond donors (Lipinski definition) is 2. The monoisotopic (exact) mass is 309 g/mol. The van der Waals surface area contributed by atoms with Gasteiger partial charge in [-0.2, -0.15) is 0 Å². The molecule has 4 amide bonds. The fourth-order valence-corrected chi connectivity index (χ4v) is 3.37. The van der Waals surface area contributed by atoms with Crippen molar-refractivity contribution in [3.8, 4) is 0 Å². The summed E-state index contributed by atoms with van der Waals surface area (Å²) < 4.78 is 0. The van der Waals surface area contributed by atoms with Gasteiger partial charge in [-0.1, -0.05) is 39.0 Å². The molecule has 1 spiro atoms. The topological polar surface area (TPSA) is 78.5 Å². The van der Waals surface area contributed by atoms with Crippen molar-refractivity contribution in [1.29, 1.82) is 0 Å². The summed E-state index contributed by atoms with van der Waals surface area (Å²) >= 11 is 0. The molecule has 2 N–H and O–H groups in total. The Kier molecular flexibility index (Phi) is 5.42. The minimum atomic E-state index is -0.732. The van der Waals surface area contributed by atoms with E-state index in [1.807, 2.05) is 6.92 Å². The Morgan fingerprint density at radius 2 is 2.00 bits per heavy atom. The molecule has 0 bridgehead atoms. The molecule has 1 heterocycles. The maximum atomic E-state index is 12.4. The number of carbonyl (C=O) groups is 3. The van der Waals surface area contributed by atoms with Crippen LogP contribution in [0.15, 0.2) is 0 Å². The lowest BCUT2D eigenvalue weighted by molar-refractivity contribution is -0.135. The van der Waals surface area contributed by atoms with Crippen LogP contribution in [0.2, 0.25) is 0 Å². The maximum Gasteiger partial charge on any atom is 0.325 e. The molecule has 2 rings (SSSR count). The van der Waals surface area contributed by atoms with Crippen LogP contribution in [0, 0.1) is 0 Å². The summed E-state index contributed by atoms with van der Waals surface area (Å²) in [6.07, 6.45) is 7.54. The van der Waals surface area contributed by atoms with Crippen molar-refractivity contribution in [3.05, 3.63) is 0 Å². The minimum Gasteiger partial charge on any atom is -0.352 e. The fourth-order valence-electron chi connectivity index (χ4n) is 3.37. The molecular formula is C16H27N3O3. The van der Waals surface area contributed by atoms with E-state index in [1.54, 1.807) is 0 Å². The summed E-state index contributed by atoms with van der Waals surface area (Å²) in [6.45, 7) is 3.92. The van der Waals surface area contributed by atoms with Gasteiger partial charge in [0.25, 0.3) is 5.91 Å². The average molecular weight is 309 g/mol. The van der Waals surface area contributed by atoms with Crippen LogP contribution in [0.3, 0.4) is 0 Å². The first-order valence-electron chi connectivity index (χ1n) is 8.42. The van der Waals surface area contributed by atoms with Gasteiger partial charge in [-0.25, -0.2) is 4.79 Å². The van der Waals surface area contributed by atoms with Crippen LogP contribution in [-0.2, 0) is 9.59 Å². The lowest BCUT2D eigenvalue weighted by Crippen LogP contribution is -2.46.